The fourth-order valence-corrected chi connectivity index (χ4v) is 4.62. The Balaban J connectivity index is 1.68. The van der Waals surface area contributed by atoms with Gasteiger partial charge in [0, 0.05) is 12.3 Å². The summed E-state index contributed by atoms with van der Waals surface area (Å²) in [6, 6.07) is 8.38. The first-order chi connectivity index (χ1) is 14.7. The van der Waals surface area contributed by atoms with Gasteiger partial charge in [0.1, 0.15) is 17.8 Å². The third-order valence-electron chi connectivity index (χ3n) is 6.12. The Labute approximate surface area is 188 Å². The van der Waals surface area contributed by atoms with Crippen LogP contribution < -0.4 is 4.74 Å². The second-order valence-electron chi connectivity index (χ2n) is 8.62. The van der Waals surface area contributed by atoms with Crippen molar-refractivity contribution in [1.82, 2.24) is 0 Å². The molecule has 0 radical (unpaired) electrons. The topological polar surface area (TPSA) is 35.5 Å². The fourth-order valence-electron chi connectivity index (χ4n) is 4.37. The van der Waals surface area contributed by atoms with Crippen LogP contribution in [0.5, 0.6) is 5.75 Å². The van der Waals surface area contributed by atoms with Crippen LogP contribution >= 0.6 is 11.8 Å². The third kappa shape index (κ3) is 9.76. The van der Waals surface area contributed by atoms with Crippen molar-refractivity contribution in [3.63, 3.8) is 0 Å². The summed E-state index contributed by atoms with van der Waals surface area (Å²) in [5, 5.41) is 0. The van der Waals surface area contributed by atoms with Crippen LogP contribution in [0.1, 0.15) is 108 Å². The summed E-state index contributed by atoms with van der Waals surface area (Å²) in [6.45, 7) is 2.26. The highest BCUT2D eigenvalue weighted by Gasteiger charge is 2.29. The van der Waals surface area contributed by atoms with Crippen molar-refractivity contribution in [3.05, 3.63) is 29.8 Å². The Hall–Kier alpha value is -1.16. The van der Waals surface area contributed by atoms with Crippen LogP contribution in [-0.2, 0) is 9.53 Å². The number of ether oxygens (including phenoxy) is 2. The SMILES string of the molecule is CCCCCCCCCCCC(=O)OC1CCCCC1c1ccc(OCSC)cc1. The van der Waals surface area contributed by atoms with Crippen molar-refractivity contribution in [2.24, 2.45) is 0 Å². The molecular weight excluding hydrogens is 392 g/mol. The Kier molecular flexibility index (Phi) is 13.1. The molecule has 0 aliphatic heterocycles. The molecule has 1 aromatic carbocycles. The summed E-state index contributed by atoms with van der Waals surface area (Å²) in [5.74, 6) is 1.89. The number of esters is 1. The van der Waals surface area contributed by atoms with E-state index >= 15 is 0 Å². The van der Waals surface area contributed by atoms with E-state index in [1.54, 1.807) is 11.8 Å². The van der Waals surface area contributed by atoms with E-state index in [-0.39, 0.29) is 12.1 Å². The molecule has 0 saturated heterocycles. The molecule has 3 nitrogen and oxygen atoms in total. The number of benzene rings is 1. The zero-order chi connectivity index (χ0) is 21.4. The predicted octanol–water partition coefficient (Wildman–Crippen LogP) is 7.88. The first-order valence-electron chi connectivity index (χ1n) is 12.2. The van der Waals surface area contributed by atoms with E-state index in [9.17, 15) is 4.79 Å². The molecule has 0 bridgehead atoms. The fraction of sp³-hybridized carbons (Fsp3) is 0.731. The first kappa shape index (κ1) is 25.1. The van der Waals surface area contributed by atoms with Crippen LogP contribution in [0.4, 0.5) is 0 Å². The van der Waals surface area contributed by atoms with Gasteiger partial charge in [0.15, 0.2) is 0 Å². The number of carbonyl (C=O) groups is 1. The molecule has 0 amide bonds. The molecule has 1 aliphatic rings. The van der Waals surface area contributed by atoms with E-state index in [1.807, 2.05) is 18.4 Å². The van der Waals surface area contributed by atoms with Crippen LogP contribution in [0.2, 0.25) is 0 Å². The Morgan fingerprint density at radius 2 is 1.57 bits per heavy atom. The minimum absolute atomic E-state index is 0.00484. The standard InChI is InChI=1S/C26H42O3S/c1-3-4-5-6-7-8-9-10-11-16-26(27)29-25-15-13-12-14-24(25)22-17-19-23(20-18-22)28-21-30-2/h17-20,24-25H,3-16,21H2,1-2H3. The summed E-state index contributed by atoms with van der Waals surface area (Å²) in [4.78, 5) is 12.4. The van der Waals surface area contributed by atoms with Crippen molar-refractivity contribution >= 4 is 17.7 Å². The summed E-state index contributed by atoms with van der Waals surface area (Å²) in [5.41, 5.74) is 1.27. The molecule has 170 valence electrons. The lowest BCUT2D eigenvalue weighted by atomic mass is 9.81. The molecule has 2 rings (SSSR count). The van der Waals surface area contributed by atoms with Gasteiger partial charge in [0.2, 0.25) is 0 Å². The van der Waals surface area contributed by atoms with Crippen molar-refractivity contribution in [2.75, 3.05) is 12.2 Å². The van der Waals surface area contributed by atoms with Gasteiger partial charge in [-0.25, -0.2) is 0 Å². The number of hydrogen-bond acceptors (Lipinski definition) is 4. The molecule has 0 aromatic heterocycles. The molecule has 2 atom stereocenters. The minimum atomic E-state index is -0.00484. The van der Waals surface area contributed by atoms with Gasteiger partial charge >= 0.3 is 5.97 Å². The lowest BCUT2D eigenvalue weighted by Crippen LogP contribution is -2.28. The molecule has 0 N–H and O–H groups in total. The van der Waals surface area contributed by atoms with Crippen LogP contribution in [0.3, 0.4) is 0 Å². The molecule has 2 unspecified atom stereocenters. The van der Waals surface area contributed by atoms with Crippen LogP contribution in [0, 0.1) is 0 Å². The monoisotopic (exact) mass is 434 g/mol. The Morgan fingerprint density at radius 3 is 2.23 bits per heavy atom. The van der Waals surface area contributed by atoms with Gasteiger partial charge in [-0.2, -0.15) is 0 Å². The lowest BCUT2D eigenvalue weighted by molar-refractivity contribution is -0.151. The van der Waals surface area contributed by atoms with E-state index in [0.717, 1.165) is 37.9 Å². The quantitative estimate of drug-likeness (QED) is 0.160. The van der Waals surface area contributed by atoms with E-state index in [1.165, 1.54) is 56.9 Å². The van der Waals surface area contributed by atoms with Crippen LogP contribution in [-0.4, -0.2) is 24.3 Å². The zero-order valence-corrected chi connectivity index (χ0v) is 20.0. The van der Waals surface area contributed by atoms with Crippen molar-refractivity contribution < 1.29 is 14.3 Å². The third-order valence-corrected chi connectivity index (χ3v) is 6.48. The van der Waals surface area contributed by atoms with Crippen molar-refractivity contribution in [2.45, 2.75) is 109 Å². The first-order valence-corrected chi connectivity index (χ1v) is 13.5. The molecule has 0 spiro atoms. The maximum Gasteiger partial charge on any atom is 0.306 e. The van der Waals surface area contributed by atoms with Gasteiger partial charge in [0.05, 0.1) is 0 Å². The second kappa shape index (κ2) is 15.6. The summed E-state index contributed by atoms with van der Waals surface area (Å²) in [6.07, 6.45) is 18.5. The highest BCUT2D eigenvalue weighted by Crippen LogP contribution is 2.36. The van der Waals surface area contributed by atoms with Crippen molar-refractivity contribution in [3.8, 4) is 5.75 Å². The van der Waals surface area contributed by atoms with Gasteiger partial charge in [0.25, 0.3) is 0 Å². The zero-order valence-electron chi connectivity index (χ0n) is 19.2. The largest absolute Gasteiger partial charge is 0.483 e. The van der Waals surface area contributed by atoms with E-state index in [2.05, 4.69) is 19.1 Å². The highest BCUT2D eigenvalue weighted by atomic mass is 32.2. The number of hydrogen-bond donors (Lipinski definition) is 0. The molecular formula is C26H42O3S. The van der Waals surface area contributed by atoms with Gasteiger partial charge in [-0.05, 0) is 49.6 Å². The molecule has 4 heteroatoms. The van der Waals surface area contributed by atoms with Crippen LogP contribution in [0.25, 0.3) is 0 Å². The molecule has 30 heavy (non-hydrogen) atoms. The molecule has 1 aromatic rings. The van der Waals surface area contributed by atoms with E-state index < -0.39 is 0 Å². The Morgan fingerprint density at radius 1 is 0.933 bits per heavy atom. The lowest BCUT2D eigenvalue weighted by Gasteiger charge is -2.31. The van der Waals surface area contributed by atoms with Crippen LogP contribution in [0.15, 0.2) is 24.3 Å². The summed E-state index contributed by atoms with van der Waals surface area (Å²) < 4.78 is 11.6. The smallest absolute Gasteiger partial charge is 0.306 e. The maximum absolute atomic E-state index is 12.4. The maximum atomic E-state index is 12.4. The number of carbonyl (C=O) groups excluding carboxylic acids is 1. The van der Waals surface area contributed by atoms with Gasteiger partial charge in [-0.1, -0.05) is 76.8 Å². The Bertz CT molecular complexity index is 572. The molecule has 1 saturated carbocycles. The number of rotatable bonds is 15. The van der Waals surface area contributed by atoms with Crippen molar-refractivity contribution in [1.29, 1.82) is 0 Å². The van der Waals surface area contributed by atoms with E-state index in [0.29, 0.717) is 18.3 Å². The van der Waals surface area contributed by atoms with Gasteiger partial charge in [-0.3, -0.25) is 4.79 Å². The molecule has 1 fully saturated rings. The molecule has 0 heterocycles. The van der Waals surface area contributed by atoms with Gasteiger partial charge in [-0.15, -0.1) is 11.8 Å². The second-order valence-corrected chi connectivity index (χ2v) is 9.43. The summed E-state index contributed by atoms with van der Waals surface area (Å²) in [7, 11) is 0. The normalized spacial score (nSPS) is 18.9. The minimum Gasteiger partial charge on any atom is -0.483 e. The highest BCUT2D eigenvalue weighted by molar-refractivity contribution is 7.98. The predicted molar refractivity (Wildman–Crippen MR) is 128 cm³/mol. The average Bonchev–Trinajstić information content (AvgIpc) is 2.77. The summed E-state index contributed by atoms with van der Waals surface area (Å²) >= 11 is 1.67. The molecule has 1 aliphatic carbocycles. The average molecular weight is 435 g/mol. The van der Waals surface area contributed by atoms with E-state index in [4.69, 9.17) is 9.47 Å². The number of thioether (sulfide) groups is 1. The number of unbranched alkanes of at least 4 members (excludes halogenated alkanes) is 8. The van der Waals surface area contributed by atoms with Gasteiger partial charge < -0.3 is 9.47 Å².